The van der Waals surface area contributed by atoms with Gasteiger partial charge in [0.25, 0.3) is 0 Å². The summed E-state index contributed by atoms with van der Waals surface area (Å²) in [6, 6.07) is 2.93. The fraction of sp³-hybridized carbons (Fsp3) is 0.222. The normalized spacial score (nSPS) is 9.75. The van der Waals surface area contributed by atoms with E-state index >= 15 is 0 Å². The second-order valence-electron chi connectivity index (χ2n) is 2.70. The Balaban J connectivity index is 3.29. The standard InChI is InChI=1S/C9H9Cl2NO4/c1-15-6-4-3-5(12(11)9(13)14)7(10)8(6)16-2/h3-4H,1-2H3,(H,13,14). The van der Waals surface area contributed by atoms with Gasteiger partial charge in [0.1, 0.15) is 5.02 Å². The summed E-state index contributed by atoms with van der Waals surface area (Å²) < 4.78 is 10.5. The molecule has 1 aromatic carbocycles. The molecule has 0 saturated carbocycles. The SMILES string of the molecule is COc1ccc(N(Cl)C(=O)O)c(Cl)c1OC. The topological polar surface area (TPSA) is 59.0 Å². The number of hydrogen-bond acceptors (Lipinski definition) is 3. The van der Waals surface area contributed by atoms with Crippen molar-refractivity contribution < 1.29 is 19.4 Å². The van der Waals surface area contributed by atoms with Crippen LogP contribution >= 0.6 is 23.4 Å². The van der Waals surface area contributed by atoms with Crippen molar-refractivity contribution in [2.75, 3.05) is 18.6 Å². The maximum atomic E-state index is 10.7. The molecule has 1 rings (SSSR count). The Morgan fingerprint density at radius 1 is 1.38 bits per heavy atom. The van der Waals surface area contributed by atoms with E-state index in [-0.39, 0.29) is 16.5 Å². The summed E-state index contributed by atoms with van der Waals surface area (Å²) in [6.07, 6.45) is -1.34. The molecule has 0 aliphatic heterocycles. The van der Waals surface area contributed by atoms with Crippen LogP contribution in [-0.2, 0) is 0 Å². The molecular weight excluding hydrogens is 257 g/mol. The summed E-state index contributed by atoms with van der Waals surface area (Å²) in [4.78, 5) is 10.7. The van der Waals surface area contributed by atoms with Gasteiger partial charge < -0.3 is 14.6 Å². The zero-order valence-electron chi connectivity index (χ0n) is 8.53. The third kappa shape index (κ3) is 2.25. The molecule has 0 unspecified atom stereocenters. The average Bonchev–Trinajstić information content (AvgIpc) is 2.27. The van der Waals surface area contributed by atoms with Crippen LogP contribution in [0.4, 0.5) is 10.5 Å². The number of rotatable bonds is 3. The summed E-state index contributed by atoms with van der Waals surface area (Å²) in [5.74, 6) is 0.625. The molecule has 7 heteroatoms. The minimum atomic E-state index is -1.34. The van der Waals surface area contributed by atoms with Gasteiger partial charge in [0.15, 0.2) is 11.5 Å². The van der Waals surface area contributed by atoms with Crippen LogP contribution < -0.4 is 13.9 Å². The highest BCUT2D eigenvalue weighted by Gasteiger charge is 2.20. The van der Waals surface area contributed by atoms with Crippen molar-refractivity contribution in [3.63, 3.8) is 0 Å². The van der Waals surface area contributed by atoms with Crippen LogP contribution in [0.25, 0.3) is 0 Å². The lowest BCUT2D eigenvalue weighted by Gasteiger charge is -2.15. The van der Waals surface area contributed by atoms with E-state index in [0.717, 1.165) is 0 Å². The first-order chi connectivity index (χ1) is 7.52. The molecule has 0 heterocycles. The lowest BCUT2D eigenvalue weighted by atomic mass is 10.2. The van der Waals surface area contributed by atoms with Crippen molar-refractivity contribution in [2.24, 2.45) is 0 Å². The predicted molar refractivity (Wildman–Crippen MR) is 60.9 cm³/mol. The molecule has 0 aliphatic rings. The third-order valence-electron chi connectivity index (χ3n) is 1.84. The number of benzene rings is 1. The number of carbonyl (C=O) groups is 1. The third-order valence-corrected chi connectivity index (χ3v) is 2.54. The number of amides is 1. The largest absolute Gasteiger partial charge is 0.493 e. The average molecular weight is 266 g/mol. The van der Waals surface area contributed by atoms with Gasteiger partial charge in [-0.1, -0.05) is 11.6 Å². The van der Waals surface area contributed by atoms with Crippen LogP contribution in [-0.4, -0.2) is 25.4 Å². The number of ether oxygens (including phenoxy) is 2. The van der Waals surface area contributed by atoms with Gasteiger partial charge in [-0.15, -0.1) is 0 Å². The minimum Gasteiger partial charge on any atom is -0.493 e. The van der Waals surface area contributed by atoms with Gasteiger partial charge >= 0.3 is 6.09 Å². The molecule has 0 bridgehead atoms. The van der Waals surface area contributed by atoms with Gasteiger partial charge in [0.2, 0.25) is 0 Å². The number of carboxylic acid groups (broad SMARTS) is 1. The van der Waals surface area contributed by atoms with Gasteiger partial charge in [-0.05, 0) is 12.1 Å². The molecule has 0 atom stereocenters. The van der Waals surface area contributed by atoms with Gasteiger partial charge in [0.05, 0.1) is 19.9 Å². The lowest BCUT2D eigenvalue weighted by molar-refractivity contribution is 0.206. The molecule has 0 aromatic heterocycles. The molecule has 5 nitrogen and oxygen atoms in total. The van der Waals surface area contributed by atoms with E-state index in [1.165, 1.54) is 26.4 Å². The number of hydrogen-bond donors (Lipinski definition) is 1. The smallest absolute Gasteiger partial charge is 0.426 e. The van der Waals surface area contributed by atoms with Crippen molar-refractivity contribution in [3.05, 3.63) is 17.2 Å². The van der Waals surface area contributed by atoms with E-state index in [9.17, 15) is 4.79 Å². The van der Waals surface area contributed by atoms with E-state index in [4.69, 9.17) is 38.0 Å². The van der Waals surface area contributed by atoms with Crippen LogP contribution in [0.1, 0.15) is 0 Å². The van der Waals surface area contributed by atoms with Crippen molar-refractivity contribution in [2.45, 2.75) is 0 Å². The van der Waals surface area contributed by atoms with Crippen molar-refractivity contribution in [1.82, 2.24) is 0 Å². The Labute approximate surface area is 102 Å². The molecular formula is C9H9Cl2NO4. The van der Waals surface area contributed by atoms with Crippen LogP contribution in [0.15, 0.2) is 12.1 Å². The summed E-state index contributed by atoms with van der Waals surface area (Å²) in [7, 11) is 2.84. The maximum absolute atomic E-state index is 10.7. The second kappa shape index (κ2) is 5.14. The monoisotopic (exact) mass is 265 g/mol. The molecule has 0 fully saturated rings. The highest BCUT2D eigenvalue weighted by atomic mass is 35.5. The van der Waals surface area contributed by atoms with E-state index in [2.05, 4.69) is 0 Å². The molecule has 0 radical (unpaired) electrons. The highest BCUT2D eigenvalue weighted by molar-refractivity contribution is 6.41. The Morgan fingerprint density at radius 3 is 2.44 bits per heavy atom. The van der Waals surface area contributed by atoms with Crippen molar-refractivity contribution in [3.8, 4) is 11.5 Å². The summed E-state index contributed by atoms with van der Waals surface area (Å²) in [5.41, 5.74) is 0.105. The Kier molecular flexibility index (Phi) is 4.09. The van der Waals surface area contributed by atoms with Crippen molar-refractivity contribution >= 4 is 35.2 Å². The highest BCUT2D eigenvalue weighted by Crippen LogP contribution is 2.42. The molecule has 16 heavy (non-hydrogen) atoms. The molecule has 0 aliphatic carbocycles. The van der Waals surface area contributed by atoms with Gasteiger partial charge in [0, 0.05) is 11.8 Å². The van der Waals surface area contributed by atoms with Gasteiger partial charge in [-0.3, -0.25) is 0 Å². The predicted octanol–water partition coefficient (Wildman–Crippen LogP) is 3.00. The number of halogens is 2. The summed E-state index contributed by atoms with van der Waals surface area (Å²) >= 11 is 11.5. The molecule has 1 N–H and O–H groups in total. The second-order valence-corrected chi connectivity index (χ2v) is 3.41. The maximum Gasteiger partial charge on any atom is 0.426 e. The van der Waals surface area contributed by atoms with Crippen LogP contribution in [0.5, 0.6) is 11.5 Å². The van der Waals surface area contributed by atoms with E-state index < -0.39 is 6.09 Å². The van der Waals surface area contributed by atoms with Gasteiger partial charge in [-0.2, -0.15) is 4.42 Å². The Bertz CT molecular complexity index is 411. The Hall–Kier alpha value is -1.33. The quantitative estimate of drug-likeness (QED) is 0.854. The Morgan fingerprint density at radius 2 is 2.00 bits per heavy atom. The fourth-order valence-corrected chi connectivity index (χ4v) is 1.64. The zero-order chi connectivity index (χ0) is 12.3. The van der Waals surface area contributed by atoms with Crippen molar-refractivity contribution in [1.29, 1.82) is 0 Å². The zero-order valence-corrected chi connectivity index (χ0v) is 10.0. The summed E-state index contributed by atoms with van der Waals surface area (Å²) in [6.45, 7) is 0. The first-order valence-corrected chi connectivity index (χ1v) is 4.83. The first-order valence-electron chi connectivity index (χ1n) is 4.12. The number of nitrogens with zero attached hydrogens (tertiary/aromatic N) is 1. The van der Waals surface area contributed by atoms with Crippen LogP contribution in [0.3, 0.4) is 0 Å². The number of anilines is 1. The molecule has 0 saturated heterocycles. The van der Waals surface area contributed by atoms with Gasteiger partial charge in [-0.25, -0.2) is 4.79 Å². The minimum absolute atomic E-state index is 0.0688. The first kappa shape index (κ1) is 12.7. The molecule has 1 amide bonds. The lowest BCUT2D eigenvalue weighted by Crippen LogP contribution is -2.18. The van der Waals surface area contributed by atoms with Crippen LogP contribution in [0.2, 0.25) is 5.02 Å². The van der Waals surface area contributed by atoms with Crippen LogP contribution in [0, 0.1) is 0 Å². The van der Waals surface area contributed by atoms with E-state index in [1.54, 1.807) is 0 Å². The summed E-state index contributed by atoms with van der Waals surface area (Å²) in [5, 5.41) is 8.78. The molecule has 1 aromatic rings. The molecule has 88 valence electrons. The van der Waals surface area contributed by atoms with E-state index in [0.29, 0.717) is 10.2 Å². The molecule has 0 spiro atoms. The fourth-order valence-electron chi connectivity index (χ4n) is 1.13. The van der Waals surface area contributed by atoms with E-state index in [1.807, 2.05) is 0 Å². The number of methoxy groups -OCH3 is 2.